The number of aromatic nitrogens is 1. The molecule has 146 valence electrons. The molecule has 2 aliphatic heterocycles. The average molecular weight is 368 g/mol. The van der Waals surface area contributed by atoms with Crippen molar-refractivity contribution in [3.05, 3.63) is 23.5 Å². The third-order valence-corrected chi connectivity index (χ3v) is 5.80. The quantitative estimate of drug-likeness (QED) is 0.801. The summed E-state index contributed by atoms with van der Waals surface area (Å²) in [6.45, 7) is 4.84. The molecule has 0 N–H and O–H groups in total. The van der Waals surface area contributed by atoms with Crippen LogP contribution in [0.25, 0.3) is 0 Å². The lowest BCUT2D eigenvalue weighted by Crippen LogP contribution is -2.48. The molecule has 2 saturated heterocycles. The zero-order chi connectivity index (χ0) is 18.7. The minimum Gasteiger partial charge on any atom is -0.334 e. The van der Waals surface area contributed by atoms with E-state index in [1.54, 1.807) is 13.0 Å². The molecule has 26 heavy (non-hydrogen) atoms. The van der Waals surface area contributed by atoms with E-state index >= 15 is 0 Å². The minimum atomic E-state index is -2.68. The van der Waals surface area contributed by atoms with E-state index in [1.165, 1.54) is 6.07 Å². The van der Waals surface area contributed by atoms with Gasteiger partial charge in [-0.2, -0.15) is 8.78 Å². The standard InChI is InChI=1S/C19H30F2N4O/c1-15-6-7-17(25(15)19(20)21)18(26)24-9-4-3-5-16(24)8-10-23-13-11-22(2)12-14-23/h6-7,16,19H,3-5,8-14H2,1-2H3/t16-/m0/s1. The molecule has 0 aromatic carbocycles. The number of carbonyl (C=O) groups is 1. The normalized spacial score (nSPS) is 23.0. The Morgan fingerprint density at radius 3 is 2.58 bits per heavy atom. The van der Waals surface area contributed by atoms with Gasteiger partial charge < -0.3 is 14.7 Å². The van der Waals surface area contributed by atoms with E-state index in [-0.39, 0.29) is 17.6 Å². The second-order valence-corrected chi connectivity index (χ2v) is 7.59. The third kappa shape index (κ3) is 4.26. The second kappa shape index (κ2) is 8.48. The summed E-state index contributed by atoms with van der Waals surface area (Å²) in [4.78, 5) is 19.6. The van der Waals surface area contributed by atoms with Gasteiger partial charge >= 0.3 is 6.55 Å². The number of likely N-dealkylation sites (tertiary alicyclic amines) is 1. The number of piperidine rings is 1. The highest BCUT2D eigenvalue weighted by molar-refractivity contribution is 5.93. The van der Waals surface area contributed by atoms with E-state index in [2.05, 4.69) is 16.8 Å². The highest BCUT2D eigenvalue weighted by atomic mass is 19.3. The van der Waals surface area contributed by atoms with Crippen LogP contribution < -0.4 is 0 Å². The molecule has 0 spiro atoms. The van der Waals surface area contributed by atoms with Gasteiger partial charge in [0, 0.05) is 51.0 Å². The van der Waals surface area contributed by atoms with E-state index in [4.69, 9.17) is 0 Å². The van der Waals surface area contributed by atoms with Crippen molar-refractivity contribution in [3.63, 3.8) is 0 Å². The summed E-state index contributed by atoms with van der Waals surface area (Å²) in [7, 11) is 2.14. The Morgan fingerprint density at radius 1 is 1.15 bits per heavy atom. The van der Waals surface area contributed by atoms with Gasteiger partial charge in [-0.05, 0) is 51.8 Å². The van der Waals surface area contributed by atoms with E-state index in [9.17, 15) is 13.6 Å². The van der Waals surface area contributed by atoms with Gasteiger partial charge in [0.15, 0.2) is 0 Å². The molecule has 0 saturated carbocycles. The fraction of sp³-hybridized carbons (Fsp3) is 0.737. The molecule has 3 rings (SSSR count). The zero-order valence-corrected chi connectivity index (χ0v) is 15.8. The van der Waals surface area contributed by atoms with E-state index in [0.717, 1.165) is 63.0 Å². The Hall–Kier alpha value is -1.47. The Bertz CT molecular complexity index is 611. The maximum Gasteiger partial charge on any atom is 0.319 e. The first-order valence-corrected chi connectivity index (χ1v) is 9.65. The number of hydrogen-bond acceptors (Lipinski definition) is 3. The molecule has 7 heteroatoms. The van der Waals surface area contributed by atoms with E-state index in [0.29, 0.717) is 12.2 Å². The first-order chi connectivity index (χ1) is 12.5. The van der Waals surface area contributed by atoms with Crippen LogP contribution in [0.3, 0.4) is 0 Å². The number of alkyl halides is 2. The summed E-state index contributed by atoms with van der Waals surface area (Å²) in [5, 5.41) is 0. The molecular formula is C19H30F2N4O. The summed E-state index contributed by atoms with van der Waals surface area (Å²) in [6.07, 6.45) is 3.94. The Labute approximate surface area is 154 Å². The third-order valence-electron chi connectivity index (χ3n) is 5.80. The number of hydrogen-bond donors (Lipinski definition) is 0. The molecule has 1 aromatic heterocycles. The number of rotatable bonds is 5. The maximum atomic E-state index is 13.4. The summed E-state index contributed by atoms with van der Waals surface area (Å²) in [5.41, 5.74) is 0.540. The lowest BCUT2D eigenvalue weighted by Gasteiger charge is -2.38. The number of piperazine rings is 1. The average Bonchev–Trinajstić information content (AvgIpc) is 3.03. The van der Waals surface area contributed by atoms with Gasteiger partial charge in [-0.3, -0.25) is 9.36 Å². The fourth-order valence-corrected chi connectivity index (χ4v) is 4.10. The van der Waals surface area contributed by atoms with Crippen molar-refractivity contribution < 1.29 is 13.6 Å². The summed E-state index contributed by atoms with van der Waals surface area (Å²) in [6, 6.07) is 3.29. The summed E-state index contributed by atoms with van der Waals surface area (Å²) in [5.74, 6) is -0.249. The predicted octanol–water partition coefficient (Wildman–Crippen LogP) is 2.82. The van der Waals surface area contributed by atoms with Gasteiger partial charge in [-0.15, -0.1) is 0 Å². The van der Waals surface area contributed by atoms with Crippen LogP contribution in [0, 0.1) is 6.92 Å². The molecule has 0 bridgehead atoms. The molecule has 2 aliphatic rings. The van der Waals surface area contributed by atoms with Gasteiger partial charge in [0.05, 0.1) is 0 Å². The van der Waals surface area contributed by atoms with Gasteiger partial charge in [0.2, 0.25) is 0 Å². The van der Waals surface area contributed by atoms with Crippen LogP contribution >= 0.6 is 0 Å². The first kappa shape index (κ1) is 19.3. The molecule has 0 unspecified atom stereocenters. The van der Waals surface area contributed by atoms with Crippen LogP contribution in [-0.4, -0.2) is 77.5 Å². The molecule has 5 nitrogen and oxygen atoms in total. The summed E-state index contributed by atoms with van der Waals surface area (Å²) >= 11 is 0. The minimum absolute atomic E-state index is 0.115. The molecular weight excluding hydrogens is 338 g/mol. The summed E-state index contributed by atoms with van der Waals surface area (Å²) < 4.78 is 27.6. The maximum absolute atomic E-state index is 13.4. The second-order valence-electron chi connectivity index (χ2n) is 7.59. The lowest BCUT2D eigenvalue weighted by molar-refractivity contribution is 0.0451. The Balaban J connectivity index is 1.66. The molecule has 0 aliphatic carbocycles. The monoisotopic (exact) mass is 368 g/mol. The van der Waals surface area contributed by atoms with Gasteiger partial charge in [0.25, 0.3) is 5.91 Å². The number of amides is 1. The number of nitrogens with zero attached hydrogens (tertiary/aromatic N) is 4. The zero-order valence-electron chi connectivity index (χ0n) is 15.8. The van der Waals surface area contributed by atoms with Crippen molar-refractivity contribution in [1.82, 2.24) is 19.3 Å². The SMILES string of the molecule is Cc1ccc(C(=O)N2CCCC[C@H]2CCN2CCN(C)CC2)n1C(F)F. The topological polar surface area (TPSA) is 31.7 Å². The van der Waals surface area contributed by atoms with Gasteiger partial charge in [0.1, 0.15) is 5.69 Å². The largest absolute Gasteiger partial charge is 0.334 e. The molecule has 2 fully saturated rings. The molecule has 1 atom stereocenters. The van der Waals surface area contributed by atoms with E-state index < -0.39 is 6.55 Å². The molecule has 1 amide bonds. The Morgan fingerprint density at radius 2 is 1.88 bits per heavy atom. The van der Waals surface area contributed by atoms with Crippen LogP contribution in [0.2, 0.25) is 0 Å². The van der Waals surface area contributed by atoms with Crippen molar-refractivity contribution in [3.8, 4) is 0 Å². The van der Waals surface area contributed by atoms with Crippen molar-refractivity contribution in [2.75, 3.05) is 46.3 Å². The van der Waals surface area contributed by atoms with Crippen molar-refractivity contribution in [2.24, 2.45) is 0 Å². The van der Waals surface area contributed by atoms with E-state index in [1.807, 2.05) is 4.90 Å². The van der Waals surface area contributed by atoms with Crippen molar-refractivity contribution in [2.45, 2.75) is 45.2 Å². The smallest absolute Gasteiger partial charge is 0.319 e. The van der Waals surface area contributed by atoms with Gasteiger partial charge in [-0.1, -0.05) is 0 Å². The number of aryl methyl sites for hydroxylation is 1. The van der Waals surface area contributed by atoms with Crippen LogP contribution in [0.5, 0.6) is 0 Å². The van der Waals surface area contributed by atoms with Crippen molar-refractivity contribution >= 4 is 5.91 Å². The van der Waals surface area contributed by atoms with Gasteiger partial charge in [-0.25, -0.2) is 0 Å². The lowest BCUT2D eigenvalue weighted by atomic mass is 9.98. The highest BCUT2D eigenvalue weighted by Crippen LogP contribution is 2.25. The molecule has 3 heterocycles. The number of carbonyl (C=O) groups excluding carboxylic acids is 1. The molecule has 0 radical (unpaired) electrons. The van der Waals surface area contributed by atoms with Crippen LogP contribution in [-0.2, 0) is 0 Å². The predicted molar refractivity (Wildman–Crippen MR) is 97.7 cm³/mol. The number of likely N-dealkylation sites (N-methyl/N-ethyl adjacent to an activating group) is 1. The highest BCUT2D eigenvalue weighted by Gasteiger charge is 2.31. The van der Waals surface area contributed by atoms with Crippen LogP contribution in [0.15, 0.2) is 12.1 Å². The Kier molecular flexibility index (Phi) is 6.29. The van der Waals surface area contributed by atoms with Crippen LogP contribution in [0.1, 0.15) is 48.4 Å². The number of halogens is 2. The van der Waals surface area contributed by atoms with Crippen LogP contribution in [0.4, 0.5) is 8.78 Å². The van der Waals surface area contributed by atoms with Crippen molar-refractivity contribution in [1.29, 1.82) is 0 Å². The molecule has 1 aromatic rings. The fourth-order valence-electron chi connectivity index (χ4n) is 4.10. The first-order valence-electron chi connectivity index (χ1n) is 9.65.